The molecule has 8 nitrogen and oxygen atoms in total. The molecule has 0 aliphatic carbocycles. The molecule has 0 saturated carbocycles. The number of aromatic amines is 1. The molecule has 31 heavy (non-hydrogen) atoms. The Morgan fingerprint density at radius 3 is 2.61 bits per heavy atom. The number of rotatable bonds is 4. The van der Waals surface area contributed by atoms with E-state index < -0.39 is 23.1 Å². The summed E-state index contributed by atoms with van der Waals surface area (Å²) in [4.78, 5) is 53.6. The first-order chi connectivity index (χ1) is 14.8. The zero-order chi connectivity index (χ0) is 22.3. The predicted molar refractivity (Wildman–Crippen MR) is 120 cm³/mol. The van der Waals surface area contributed by atoms with Gasteiger partial charge in [0.1, 0.15) is 0 Å². The van der Waals surface area contributed by atoms with Crippen molar-refractivity contribution < 1.29 is 14.3 Å². The summed E-state index contributed by atoms with van der Waals surface area (Å²) >= 11 is 3.44. The molecule has 1 unspecified atom stereocenters. The number of halogens is 1. The molecule has 1 amide bonds. The van der Waals surface area contributed by atoms with Crippen LogP contribution in [0.15, 0.2) is 50.5 Å². The number of carbonyl (C=O) groups is 2. The normalized spacial score (nSPS) is 15.0. The standard InChI is InChI=1S/C22H20BrN3O5/c1-25(15-6-3-12(4-7-15)22(30)31-2)18(27)11-16-8-5-13-9-14(23)10-17-19(13)26(16)21(29)20(28)24-17/h3-4,6-7,9-10,16H,5,8,11H2,1-2H3,(H,24,28). The van der Waals surface area contributed by atoms with E-state index in [1.807, 2.05) is 6.07 Å². The lowest BCUT2D eigenvalue weighted by atomic mass is 9.96. The predicted octanol–water partition coefficient (Wildman–Crippen LogP) is 2.78. The third-order valence-electron chi connectivity index (χ3n) is 5.63. The van der Waals surface area contributed by atoms with E-state index in [4.69, 9.17) is 0 Å². The molecule has 0 saturated heterocycles. The van der Waals surface area contributed by atoms with E-state index in [0.29, 0.717) is 35.1 Å². The van der Waals surface area contributed by atoms with Crippen LogP contribution in [0.2, 0.25) is 0 Å². The molecule has 0 spiro atoms. The Bertz CT molecular complexity index is 1310. The Hall–Kier alpha value is -3.20. The summed E-state index contributed by atoms with van der Waals surface area (Å²) in [5.74, 6) is -0.651. The molecular formula is C22H20BrN3O5. The van der Waals surface area contributed by atoms with Crippen molar-refractivity contribution in [2.24, 2.45) is 0 Å². The highest BCUT2D eigenvalue weighted by Crippen LogP contribution is 2.32. The van der Waals surface area contributed by atoms with Gasteiger partial charge in [-0.15, -0.1) is 0 Å². The Morgan fingerprint density at radius 1 is 1.23 bits per heavy atom. The Balaban J connectivity index is 1.64. The number of methoxy groups -OCH3 is 1. The van der Waals surface area contributed by atoms with E-state index >= 15 is 0 Å². The summed E-state index contributed by atoms with van der Waals surface area (Å²) < 4.78 is 6.97. The number of nitrogens with zero attached hydrogens (tertiary/aromatic N) is 2. The number of aryl methyl sites for hydroxylation is 1. The highest BCUT2D eigenvalue weighted by molar-refractivity contribution is 9.10. The van der Waals surface area contributed by atoms with Gasteiger partial charge in [-0.1, -0.05) is 15.9 Å². The largest absolute Gasteiger partial charge is 0.465 e. The number of hydrogen-bond acceptors (Lipinski definition) is 5. The molecule has 1 N–H and O–H groups in total. The number of ether oxygens (including phenoxy) is 1. The molecule has 0 radical (unpaired) electrons. The minimum absolute atomic E-state index is 0.0726. The quantitative estimate of drug-likeness (QED) is 0.452. The number of aromatic nitrogens is 2. The first-order valence-corrected chi connectivity index (χ1v) is 10.5. The number of anilines is 1. The minimum atomic E-state index is -0.706. The van der Waals surface area contributed by atoms with Crippen molar-refractivity contribution >= 4 is 44.5 Å². The number of amides is 1. The van der Waals surface area contributed by atoms with Gasteiger partial charge in [0.15, 0.2) is 0 Å². The average molecular weight is 486 g/mol. The number of hydrogen-bond donors (Lipinski definition) is 1. The summed E-state index contributed by atoms with van der Waals surface area (Å²) in [6.07, 6.45) is 1.34. The molecule has 2 heterocycles. The summed E-state index contributed by atoms with van der Waals surface area (Å²) in [7, 11) is 2.94. The van der Waals surface area contributed by atoms with Crippen LogP contribution in [0.4, 0.5) is 5.69 Å². The van der Waals surface area contributed by atoms with Crippen LogP contribution < -0.4 is 16.0 Å². The average Bonchev–Trinajstić information content (AvgIpc) is 2.76. The Kier molecular flexibility index (Phi) is 5.53. The molecule has 1 aromatic heterocycles. The lowest BCUT2D eigenvalue weighted by Crippen LogP contribution is -2.41. The van der Waals surface area contributed by atoms with Gasteiger partial charge in [0, 0.05) is 29.7 Å². The fraction of sp³-hybridized carbons (Fsp3) is 0.273. The first kappa shape index (κ1) is 21.0. The van der Waals surface area contributed by atoms with Gasteiger partial charge in [-0.05, 0) is 54.8 Å². The second-order valence-electron chi connectivity index (χ2n) is 7.48. The molecule has 1 aliphatic rings. The SMILES string of the molecule is COC(=O)c1ccc(N(C)C(=O)CC2CCc3cc(Br)cc4[nH]c(=O)c(=O)n2c34)cc1. The van der Waals surface area contributed by atoms with Crippen LogP contribution in [0.1, 0.15) is 34.8 Å². The molecule has 160 valence electrons. The molecule has 4 rings (SSSR count). The van der Waals surface area contributed by atoms with Crippen LogP contribution >= 0.6 is 15.9 Å². The summed E-state index contributed by atoms with van der Waals surface area (Å²) in [6.45, 7) is 0. The highest BCUT2D eigenvalue weighted by Gasteiger charge is 2.27. The second-order valence-corrected chi connectivity index (χ2v) is 8.39. The number of benzene rings is 2. The topological polar surface area (TPSA) is 101 Å². The van der Waals surface area contributed by atoms with Crippen molar-refractivity contribution in [3.63, 3.8) is 0 Å². The molecule has 9 heteroatoms. The van der Waals surface area contributed by atoms with Gasteiger partial charge in [-0.3, -0.25) is 19.0 Å². The van der Waals surface area contributed by atoms with E-state index in [2.05, 4.69) is 25.7 Å². The summed E-state index contributed by atoms with van der Waals surface area (Å²) in [5, 5.41) is 0. The van der Waals surface area contributed by atoms with Crippen molar-refractivity contribution in [2.75, 3.05) is 19.1 Å². The van der Waals surface area contributed by atoms with Gasteiger partial charge in [0.2, 0.25) is 5.91 Å². The molecule has 1 atom stereocenters. The number of carbonyl (C=O) groups excluding carboxylic acids is 2. The van der Waals surface area contributed by atoms with Crippen LogP contribution in [0.25, 0.3) is 11.0 Å². The van der Waals surface area contributed by atoms with E-state index in [0.717, 1.165) is 10.0 Å². The van der Waals surface area contributed by atoms with Gasteiger partial charge in [0.05, 0.1) is 23.7 Å². The Labute approximate surface area is 185 Å². The van der Waals surface area contributed by atoms with Gasteiger partial charge < -0.3 is 14.6 Å². The molecule has 0 fully saturated rings. The lowest BCUT2D eigenvalue weighted by Gasteiger charge is -2.29. The minimum Gasteiger partial charge on any atom is -0.465 e. The van der Waals surface area contributed by atoms with Crippen molar-refractivity contribution in [3.05, 3.63) is 72.7 Å². The lowest BCUT2D eigenvalue weighted by molar-refractivity contribution is -0.119. The first-order valence-electron chi connectivity index (χ1n) is 9.72. The maximum absolute atomic E-state index is 13.0. The molecule has 3 aromatic rings. The summed E-state index contributed by atoms with van der Waals surface area (Å²) in [5.41, 5.74) is 1.83. The summed E-state index contributed by atoms with van der Waals surface area (Å²) in [6, 6.07) is 9.77. The van der Waals surface area contributed by atoms with Crippen molar-refractivity contribution in [1.29, 1.82) is 0 Å². The fourth-order valence-electron chi connectivity index (χ4n) is 4.03. The monoisotopic (exact) mass is 485 g/mol. The zero-order valence-corrected chi connectivity index (χ0v) is 18.6. The molecule has 0 bridgehead atoms. The van der Waals surface area contributed by atoms with E-state index in [9.17, 15) is 19.2 Å². The van der Waals surface area contributed by atoms with Gasteiger partial charge >= 0.3 is 17.1 Å². The van der Waals surface area contributed by atoms with Crippen molar-refractivity contribution in [1.82, 2.24) is 9.55 Å². The number of nitrogens with one attached hydrogen (secondary N) is 1. The zero-order valence-electron chi connectivity index (χ0n) is 17.0. The third kappa shape index (κ3) is 3.81. The van der Waals surface area contributed by atoms with Gasteiger partial charge in [-0.25, -0.2) is 4.79 Å². The fourth-order valence-corrected chi connectivity index (χ4v) is 4.53. The number of H-pyrrole nitrogens is 1. The van der Waals surface area contributed by atoms with Crippen LogP contribution in [-0.4, -0.2) is 35.6 Å². The smallest absolute Gasteiger partial charge is 0.337 e. The second kappa shape index (κ2) is 8.14. The van der Waals surface area contributed by atoms with Crippen LogP contribution in [-0.2, 0) is 16.0 Å². The Morgan fingerprint density at radius 2 is 1.94 bits per heavy atom. The van der Waals surface area contributed by atoms with Crippen LogP contribution in [0, 0.1) is 0 Å². The van der Waals surface area contributed by atoms with Gasteiger partial charge in [-0.2, -0.15) is 0 Å². The maximum Gasteiger partial charge on any atom is 0.337 e. The van der Waals surface area contributed by atoms with E-state index in [-0.39, 0.29) is 12.3 Å². The van der Waals surface area contributed by atoms with Crippen molar-refractivity contribution in [2.45, 2.75) is 25.3 Å². The van der Waals surface area contributed by atoms with Crippen LogP contribution in [0.3, 0.4) is 0 Å². The van der Waals surface area contributed by atoms with E-state index in [1.54, 1.807) is 37.4 Å². The maximum atomic E-state index is 13.0. The van der Waals surface area contributed by atoms with Gasteiger partial charge in [0.25, 0.3) is 0 Å². The third-order valence-corrected chi connectivity index (χ3v) is 6.09. The van der Waals surface area contributed by atoms with E-state index in [1.165, 1.54) is 16.6 Å². The van der Waals surface area contributed by atoms with Crippen LogP contribution in [0.5, 0.6) is 0 Å². The molecule has 2 aromatic carbocycles. The number of esters is 1. The molecular weight excluding hydrogens is 466 g/mol. The van der Waals surface area contributed by atoms with Crippen molar-refractivity contribution in [3.8, 4) is 0 Å². The molecule has 1 aliphatic heterocycles. The highest BCUT2D eigenvalue weighted by atomic mass is 79.9.